The van der Waals surface area contributed by atoms with E-state index in [4.69, 9.17) is 5.11 Å². The second-order valence-corrected chi connectivity index (χ2v) is 5.65. The molecule has 0 aliphatic heterocycles. The minimum atomic E-state index is -4.54. The molecular formula is C18H14F3NO5. The standard InChI is InChI=1S/C18H14F3NO5/c19-18(20,21)13-7-5-11(6-8-13)15(23)22-14(17(26)27)9-10-1-3-12(4-2-10)16(24)25/h1-8,14H,9H2,(H,22,23)(H,24,25)(H,26,27)/t14-/m0/s1. The van der Waals surface area contributed by atoms with Crippen LogP contribution >= 0.6 is 0 Å². The molecule has 2 aromatic rings. The Balaban J connectivity index is 2.10. The molecule has 2 rings (SSSR count). The fourth-order valence-electron chi connectivity index (χ4n) is 2.27. The number of aliphatic carboxylic acids is 1. The maximum absolute atomic E-state index is 12.5. The number of rotatable bonds is 6. The van der Waals surface area contributed by atoms with E-state index in [-0.39, 0.29) is 17.5 Å². The van der Waals surface area contributed by atoms with Crippen molar-refractivity contribution in [2.75, 3.05) is 0 Å². The fourth-order valence-corrected chi connectivity index (χ4v) is 2.27. The summed E-state index contributed by atoms with van der Waals surface area (Å²) in [4.78, 5) is 34.3. The van der Waals surface area contributed by atoms with E-state index in [2.05, 4.69) is 5.32 Å². The SMILES string of the molecule is O=C(O)c1ccc(C[C@H](NC(=O)c2ccc(C(F)(F)F)cc2)C(=O)O)cc1. The normalized spacial score (nSPS) is 12.3. The molecule has 1 amide bonds. The predicted octanol–water partition coefficient (Wildman–Crippen LogP) is 2.83. The molecule has 0 saturated heterocycles. The van der Waals surface area contributed by atoms with Crippen LogP contribution in [0.25, 0.3) is 0 Å². The summed E-state index contributed by atoms with van der Waals surface area (Å²) in [5, 5.41) is 20.3. The molecular weight excluding hydrogens is 367 g/mol. The van der Waals surface area contributed by atoms with Crippen LogP contribution in [0.15, 0.2) is 48.5 Å². The van der Waals surface area contributed by atoms with Gasteiger partial charge in [-0.3, -0.25) is 4.79 Å². The van der Waals surface area contributed by atoms with Crippen molar-refractivity contribution in [2.45, 2.75) is 18.6 Å². The number of halogens is 3. The van der Waals surface area contributed by atoms with Gasteiger partial charge in [0.2, 0.25) is 0 Å². The van der Waals surface area contributed by atoms with Gasteiger partial charge in [-0.25, -0.2) is 9.59 Å². The summed E-state index contributed by atoms with van der Waals surface area (Å²) in [5.74, 6) is -3.30. The highest BCUT2D eigenvalue weighted by Crippen LogP contribution is 2.29. The van der Waals surface area contributed by atoms with E-state index in [1.54, 1.807) is 0 Å². The number of nitrogens with one attached hydrogen (secondary N) is 1. The number of amides is 1. The minimum absolute atomic E-state index is 0.0272. The fraction of sp³-hybridized carbons (Fsp3) is 0.167. The van der Waals surface area contributed by atoms with Gasteiger partial charge in [0.05, 0.1) is 11.1 Å². The molecule has 3 N–H and O–H groups in total. The Morgan fingerprint density at radius 1 is 0.889 bits per heavy atom. The lowest BCUT2D eigenvalue weighted by Crippen LogP contribution is -2.42. The van der Waals surface area contributed by atoms with Gasteiger partial charge < -0.3 is 15.5 Å². The van der Waals surface area contributed by atoms with Gasteiger partial charge in [0.25, 0.3) is 5.91 Å². The molecule has 0 spiro atoms. The van der Waals surface area contributed by atoms with E-state index in [1.807, 2.05) is 0 Å². The molecule has 0 radical (unpaired) electrons. The van der Waals surface area contributed by atoms with Crippen molar-refractivity contribution < 1.29 is 37.8 Å². The van der Waals surface area contributed by atoms with Gasteiger partial charge in [-0.15, -0.1) is 0 Å². The summed E-state index contributed by atoms with van der Waals surface area (Å²) in [5.41, 5.74) is -0.539. The molecule has 142 valence electrons. The number of carbonyl (C=O) groups excluding carboxylic acids is 1. The van der Waals surface area contributed by atoms with Crippen LogP contribution in [0, 0.1) is 0 Å². The number of hydrogen-bond acceptors (Lipinski definition) is 3. The number of hydrogen-bond donors (Lipinski definition) is 3. The lowest BCUT2D eigenvalue weighted by molar-refractivity contribution is -0.139. The summed E-state index contributed by atoms with van der Waals surface area (Å²) < 4.78 is 37.6. The summed E-state index contributed by atoms with van der Waals surface area (Å²) in [6.45, 7) is 0. The highest BCUT2D eigenvalue weighted by Gasteiger charge is 2.30. The summed E-state index contributed by atoms with van der Waals surface area (Å²) >= 11 is 0. The molecule has 0 aliphatic carbocycles. The topological polar surface area (TPSA) is 104 Å². The van der Waals surface area contributed by atoms with Crippen molar-refractivity contribution in [1.82, 2.24) is 5.32 Å². The molecule has 0 aromatic heterocycles. The smallest absolute Gasteiger partial charge is 0.416 e. The highest BCUT2D eigenvalue weighted by molar-refractivity contribution is 5.96. The lowest BCUT2D eigenvalue weighted by Gasteiger charge is -2.15. The first-order valence-corrected chi connectivity index (χ1v) is 7.61. The second kappa shape index (κ2) is 7.90. The van der Waals surface area contributed by atoms with Crippen LogP contribution in [0.3, 0.4) is 0 Å². The minimum Gasteiger partial charge on any atom is -0.480 e. The zero-order valence-corrected chi connectivity index (χ0v) is 13.7. The number of alkyl halides is 3. The van der Waals surface area contributed by atoms with Crippen LogP contribution in [-0.2, 0) is 17.4 Å². The van der Waals surface area contributed by atoms with Gasteiger partial charge in [-0.05, 0) is 42.0 Å². The van der Waals surface area contributed by atoms with Gasteiger partial charge in [-0.1, -0.05) is 12.1 Å². The van der Waals surface area contributed by atoms with Gasteiger partial charge >= 0.3 is 18.1 Å². The van der Waals surface area contributed by atoms with Gasteiger partial charge in [0, 0.05) is 12.0 Å². The first kappa shape index (κ1) is 20.0. The Labute approximate surface area is 151 Å². The summed E-state index contributed by atoms with van der Waals surface area (Å²) in [6.07, 6.45) is -4.66. The summed E-state index contributed by atoms with van der Waals surface area (Å²) in [6, 6.07) is 7.48. The predicted molar refractivity (Wildman–Crippen MR) is 87.4 cm³/mol. The van der Waals surface area contributed by atoms with Crippen LogP contribution < -0.4 is 5.32 Å². The third kappa shape index (κ3) is 5.30. The lowest BCUT2D eigenvalue weighted by atomic mass is 10.0. The van der Waals surface area contributed by atoms with Crippen molar-refractivity contribution in [1.29, 1.82) is 0 Å². The largest absolute Gasteiger partial charge is 0.480 e. The van der Waals surface area contributed by atoms with Gasteiger partial charge in [0.15, 0.2) is 0 Å². The number of aromatic carboxylic acids is 1. The first-order chi connectivity index (χ1) is 12.6. The highest BCUT2D eigenvalue weighted by atomic mass is 19.4. The second-order valence-electron chi connectivity index (χ2n) is 5.65. The monoisotopic (exact) mass is 381 g/mol. The van der Waals surface area contributed by atoms with Crippen molar-refractivity contribution in [3.63, 3.8) is 0 Å². The summed E-state index contributed by atoms with van der Waals surface area (Å²) in [7, 11) is 0. The molecule has 0 aliphatic rings. The van der Waals surface area contributed by atoms with Crippen LogP contribution in [-0.4, -0.2) is 34.1 Å². The average molecular weight is 381 g/mol. The molecule has 0 unspecified atom stereocenters. The quantitative estimate of drug-likeness (QED) is 0.714. The molecule has 0 heterocycles. The maximum atomic E-state index is 12.5. The number of carbonyl (C=O) groups is 3. The van der Waals surface area contributed by atoms with E-state index >= 15 is 0 Å². The number of benzene rings is 2. The average Bonchev–Trinajstić information content (AvgIpc) is 2.60. The van der Waals surface area contributed by atoms with Crippen molar-refractivity contribution in [3.8, 4) is 0 Å². The van der Waals surface area contributed by atoms with Crippen molar-refractivity contribution in [3.05, 3.63) is 70.8 Å². The van der Waals surface area contributed by atoms with Crippen LogP contribution in [0.2, 0.25) is 0 Å². The molecule has 6 nitrogen and oxygen atoms in total. The van der Waals surface area contributed by atoms with E-state index in [0.717, 1.165) is 24.3 Å². The third-order valence-electron chi connectivity index (χ3n) is 3.72. The Hall–Kier alpha value is -3.36. The zero-order valence-electron chi connectivity index (χ0n) is 13.7. The van der Waals surface area contributed by atoms with Crippen LogP contribution in [0.5, 0.6) is 0 Å². The Bertz CT molecular complexity index is 845. The zero-order chi connectivity index (χ0) is 20.2. The van der Waals surface area contributed by atoms with E-state index in [0.29, 0.717) is 5.56 Å². The van der Waals surface area contributed by atoms with Gasteiger partial charge in [-0.2, -0.15) is 13.2 Å². The van der Waals surface area contributed by atoms with Crippen molar-refractivity contribution >= 4 is 17.8 Å². The van der Waals surface area contributed by atoms with Crippen LogP contribution in [0.1, 0.15) is 31.8 Å². The number of carboxylic acids is 2. The molecule has 0 saturated carbocycles. The Kier molecular flexibility index (Phi) is 5.84. The molecule has 0 fully saturated rings. The molecule has 0 bridgehead atoms. The Morgan fingerprint density at radius 2 is 1.41 bits per heavy atom. The number of carboxylic acid groups (broad SMARTS) is 2. The molecule has 1 atom stereocenters. The van der Waals surface area contributed by atoms with E-state index < -0.39 is 35.6 Å². The van der Waals surface area contributed by atoms with Crippen LogP contribution in [0.4, 0.5) is 13.2 Å². The van der Waals surface area contributed by atoms with Crippen molar-refractivity contribution in [2.24, 2.45) is 0 Å². The molecule has 2 aromatic carbocycles. The van der Waals surface area contributed by atoms with Gasteiger partial charge in [0.1, 0.15) is 6.04 Å². The Morgan fingerprint density at radius 3 is 1.85 bits per heavy atom. The first-order valence-electron chi connectivity index (χ1n) is 7.61. The molecule has 9 heteroatoms. The third-order valence-corrected chi connectivity index (χ3v) is 3.72. The molecule has 27 heavy (non-hydrogen) atoms. The van der Waals surface area contributed by atoms with E-state index in [9.17, 15) is 32.7 Å². The maximum Gasteiger partial charge on any atom is 0.416 e. The van der Waals surface area contributed by atoms with E-state index in [1.165, 1.54) is 24.3 Å².